The topological polar surface area (TPSA) is 62.2 Å². The molecule has 1 amide bonds. The second-order valence-electron chi connectivity index (χ2n) is 3.25. The van der Waals surface area contributed by atoms with Crippen LogP contribution < -0.4 is 5.32 Å². The monoisotopic (exact) mass is 268 g/mol. The van der Waals surface area contributed by atoms with Crippen LogP contribution in [0.2, 0.25) is 5.02 Å². The van der Waals surface area contributed by atoms with Crippen LogP contribution in [0.4, 0.5) is 5.13 Å². The summed E-state index contributed by atoms with van der Waals surface area (Å²) >= 11 is 7.09. The summed E-state index contributed by atoms with van der Waals surface area (Å²) in [6, 6.07) is 7.27. The third-order valence-electron chi connectivity index (χ3n) is 2.03. The van der Waals surface area contributed by atoms with E-state index in [1.165, 1.54) is 11.3 Å². The first-order valence-electron chi connectivity index (χ1n) is 4.81. The van der Waals surface area contributed by atoms with Crippen LogP contribution in [0.15, 0.2) is 29.6 Å². The smallest absolute Gasteiger partial charge is 0.251 e. The molecule has 0 saturated carbocycles. The van der Waals surface area contributed by atoms with E-state index in [1.807, 2.05) is 17.5 Å². The fourth-order valence-electron chi connectivity index (χ4n) is 1.24. The largest absolute Gasteiger partial charge is 0.387 e. The minimum atomic E-state index is -0.546. The quantitative estimate of drug-likeness (QED) is 0.898. The van der Waals surface area contributed by atoms with Crippen LogP contribution in [-0.2, 0) is 4.79 Å². The number of hydrogen-bond donors (Lipinski definition) is 2. The average molecular weight is 269 g/mol. The first-order valence-corrected chi connectivity index (χ1v) is 6.07. The number of nitrogens with one attached hydrogen (secondary N) is 1. The number of anilines is 1. The normalized spacial score (nSPS) is 10.2. The molecule has 2 N–H and O–H groups in total. The lowest BCUT2D eigenvalue weighted by atomic mass is 10.2. The Bertz CT molecular complexity index is 525. The molecular formula is C11H9ClN2O2S. The Hall–Kier alpha value is -1.43. The summed E-state index contributed by atoms with van der Waals surface area (Å²) in [5.41, 5.74) is 1.69. The van der Waals surface area contributed by atoms with Crippen LogP contribution in [0.1, 0.15) is 0 Å². The van der Waals surface area contributed by atoms with Gasteiger partial charge in [-0.05, 0) is 12.1 Å². The molecule has 2 rings (SSSR count). The van der Waals surface area contributed by atoms with Crippen LogP contribution in [0.5, 0.6) is 0 Å². The van der Waals surface area contributed by atoms with Crippen molar-refractivity contribution < 1.29 is 9.90 Å². The number of amides is 1. The van der Waals surface area contributed by atoms with Gasteiger partial charge in [0.05, 0.1) is 5.69 Å². The van der Waals surface area contributed by atoms with Gasteiger partial charge in [0, 0.05) is 16.0 Å². The van der Waals surface area contributed by atoms with Gasteiger partial charge in [0.25, 0.3) is 5.91 Å². The van der Waals surface area contributed by atoms with E-state index in [-0.39, 0.29) is 0 Å². The van der Waals surface area contributed by atoms with Gasteiger partial charge in [0.15, 0.2) is 5.13 Å². The summed E-state index contributed by atoms with van der Waals surface area (Å²) in [4.78, 5) is 15.2. The van der Waals surface area contributed by atoms with Crippen molar-refractivity contribution >= 4 is 34.0 Å². The van der Waals surface area contributed by atoms with E-state index in [9.17, 15) is 4.79 Å². The highest BCUT2D eigenvalue weighted by molar-refractivity contribution is 7.14. The Kier molecular flexibility index (Phi) is 3.73. The number of aromatic nitrogens is 1. The highest BCUT2D eigenvalue weighted by atomic mass is 35.5. The van der Waals surface area contributed by atoms with Crippen molar-refractivity contribution in [2.45, 2.75) is 0 Å². The van der Waals surface area contributed by atoms with E-state index >= 15 is 0 Å². The summed E-state index contributed by atoms with van der Waals surface area (Å²) < 4.78 is 0. The first kappa shape index (κ1) is 12.0. The minimum absolute atomic E-state index is 0.467. The van der Waals surface area contributed by atoms with Gasteiger partial charge in [-0.3, -0.25) is 10.1 Å². The van der Waals surface area contributed by atoms with E-state index < -0.39 is 12.5 Å². The van der Waals surface area contributed by atoms with Gasteiger partial charge in [-0.1, -0.05) is 23.7 Å². The third kappa shape index (κ3) is 3.03. The SMILES string of the molecule is O=C(CO)Nc1nc(-c2ccc(Cl)cc2)cs1. The third-order valence-corrected chi connectivity index (χ3v) is 3.04. The maximum atomic E-state index is 11.0. The Morgan fingerprint density at radius 2 is 2.12 bits per heavy atom. The summed E-state index contributed by atoms with van der Waals surface area (Å²) in [7, 11) is 0. The molecule has 0 fully saturated rings. The van der Waals surface area contributed by atoms with E-state index in [1.54, 1.807) is 12.1 Å². The van der Waals surface area contributed by atoms with Gasteiger partial charge in [-0.25, -0.2) is 4.98 Å². The van der Waals surface area contributed by atoms with Gasteiger partial charge in [0.1, 0.15) is 6.61 Å². The van der Waals surface area contributed by atoms with Crippen molar-refractivity contribution in [3.05, 3.63) is 34.7 Å². The standard InChI is InChI=1S/C11H9ClN2O2S/c12-8-3-1-7(2-4-8)9-6-17-11(13-9)14-10(16)5-15/h1-4,6,15H,5H2,(H,13,14,16). The molecule has 0 spiro atoms. The van der Waals surface area contributed by atoms with Crippen LogP contribution in [0.25, 0.3) is 11.3 Å². The number of carbonyl (C=O) groups excluding carboxylic acids is 1. The fourth-order valence-corrected chi connectivity index (χ4v) is 2.11. The Balaban J connectivity index is 2.18. The molecule has 0 radical (unpaired) electrons. The molecule has 4 nitrogen and oxygen atoms in total. The molecule has 0 saturated heterocycles. The van der Waals surface area contributed by atoms with Crippen molar-refractivity contribution in [3.63, 3.8) is 0 Å². The zero-order valence-electron chi connectivity index (χ0n) is 8.68. The number of benzene rings is 1. The highest BCUT2D eigenvalue weighted by Gasteiger charge is 2.06. The van der Waals surface area contributed by atoms with Crippen molar-refractivity contribution in [3.8, 4) is 11.3 Å². The molecule has 0 unspecified atom stereocenters. The average Bonchev–Trinajstić information content (AvgIpc) is 2.78. The molecule has 0 aliphatic carbocycles. The maximum absolute atomic E-state index is 11.0. The van der Waals surface area contributed by atoms with E-state index in [2.05, 4.69) is 10.3 Å². The second kappa shape index (κ2) is 5.27. The number of rotatable bonds is 3. The predicted octanol–water partition coefficient (Wildman–Crippen LogP) is 2.39. The lowest BCUT2D eigenvalue weighted by Gasteiger charge is -1.97. The van der Waals surface area contributed by atoms with Crippen molar-refractivity contribution in [2.24, 2.45) is 0 Å². The van der Waals surface area contributed by atoms with Crippen molar-refractivity contribution in [1.82, 2.24) is 4.98 Å². The lowest BCUT2D eigenvalue weighted by Crippen LogP contribution is -2.15. The molecule has 0 aliphatic rings. The van der Waals surface area contributed by atoms with Crippen LogP contribution in [0, 0.1) is 0 Å². The number of halogens is 1. The van der Waals surface area contributed by atoms with E-state index in [0.717, 1.165) is 11.3 Å². The second-order valence-corrected chi connectivity index (χ2v) is 4.55. The molecule has 0 atom stereocenters. The highest BCUT2D eigenvalue weighted by Crippen LogP contribution is 2.25. The number of aliphatic hydroxyl groups excluding tert-OH is 1. The zero-order valence-corrected chi connectivity index (χ0v) is 10.3. The molecule has 2 aromatic rings. The number of carbonyl (C=O) groups is 1. The van der Waals surface area contributed by atoms with E-state index in [0.29, 0.717) is 10.2 Å². The molecule has 88 valence electrons. The fraction of sp³-hybridized carbons (Fsp3) is 0.0909. The van der Waals surface area contributed by atoms with Gasteiger partial charge in [-0.2, -0.15) is 0 Å². The molecule has 0 aliphatic heterocycles. The number of nitrogens with zero attached hydrogens (tertiary/aromatic N) is 1. The Morgan fingerprint density at radius 1 is 1.41 bits per heavy atom. The van der Waals surface area contributed by atoms with Gasteiger partial charge in [0.2, 0.25) is 0 Å². The summed E-state index contributed by atoms with van der Waals surface area (Å²) in [6.45, 7) is -0.546. The number of aliphatic hydroxyl groups is 1. The van der Waals surface area contributed by atoms with Crippen molar-refractivity contribution in [1.29, 1.82) is 0 Å². The summed E-state index contributed by atoms with van der Waals surface area (Å²) in [5, 5.41) is 14.0. The lowest BCUT2D eigenvalue weighted by molar-refractivity contribution is -0.118. The summed E-state index contributed by atoms with van der Waals surface area (Å²) in [6.07, 6.45) is 0. The maximum Gasteiger partial charge on any atom is 0.251 e. The number of thiazole rings is 1. The molecule has 6 heteroatoms. The molecule has 1 aromatic heterocycles. The van der Waals surface area contributed by atoms with Crippen LogP contribution >= 0.6 is 22.9 Å². The Labute approximate surface area is 107 Å². The molecule has 17 heavy (non-hydrogen) atoms. The van der Waals surface area contributed by atoms with Crippen LogP contribution in [-0.4, -0.2) is 22.6 Å². The van der Waals surface area contributed by atoms with Gasteiger partial charge in [-0.15, -0.1) is 11.3 Å². The van der Waals surface area contributed by atoms with Crippen molar-refractivity contribution in [2.75, 3.05) is 11.9 Å². The van der Waals surface area contributed by atoms with Gasteiger partial charge >= 0.3 is 0 Å². The van der Waals surface area contributed by atoms with E-state index in [4.69, 9.17) is 16.7 Å². The van der Waals surface area contributed by atoms with Crippen LogP contribution in [0.3, 0.4) is 0 Å². The number of hydrogen-bond acceptors (Lipinski definition) is 4. The molecular weight excluding hydrogens is 260 g/mol. The zero-order chi connectivity index (χ0) is 12.3. The summed E-state index contributed by atoms with van der Waals surface area (Å²) in [5.74, 6) is -0.470. The van der Waals surface area contributed by atoms with Gasteiger partial charge < -0.3 is 5.11 Å². The molecule has 1 aromatic carbocycles. The molecule has 1 heterocycles. The Morgan fingerprint density at radius 3 is 2.76 bits per heavy atom. The minimum Gasteiger partial charge on any atom is -0.387 e. The molecule has 0 bridgehead atoms. The first-order chi connectivity index (χ1) is 8.19. The predicted molar refractivity (Wildman–Crippen MR) is 68.3 cm³/mol.